The first-order chi connectivity index (χ1) is 15.5. The molecule has 0 fully saturated rings. The number of aromatic hydroxyl groups is 1. The number of carboxylic acids is 1. The Morgan fingerprint density at radius 1 is 1.06 bits per heavy atom. The monoisotopic (exact) mass is 460 g/mol. The zero-order chi connectivity index (χ0) is 24.6. The van der Waals surface area contributed by atoms with Gasteiger partial charge in [-0.3, -0.25) is 4.79 Å². The number of amides is 1. The van der Waals surface area contributed by atoms with Gasteiger partial charge < -0.3 is 29.8 Å². The second-order valence-electron chi connectivity index (χ2n) is 8.10. The van der Waals surface area contributed by atoms with E-state index < -0.39 is 41.2 Å². The van der Waals surface area contributed by atoms with Crippen molar-refractivity contribution in [1.82, 2.24) is 10.8 Å². The second kappa shape index (κ2) is 11.2. The summed E-state index contributed by atoms with van der Waals surface area (Å²) in [6.07, 6.45) is -1.07. The number of likely N-dealkylation sites (N-methyl/N-ethyl adjacent to an activating group) is 1. The molecular weight excluding hydrogens is 432 g/mol. The summed E-state index contributed by atoms with van der Waals surface area (Å²) in [5.74, 6) is -2.86. The zero-order valence-corrected chi connectivity index (χ0v) is 18.9. The molecule has 1 amide bonds. The number of phenols is 1. The van der Waals surface area contributed by atoms with Crippen LogP contribution in [0, 0.1) is 0 Å². The minimum Gasteiger partial charge on any atom is -0.504 e. The fourth-order valence-corrected chi connectivity index (χ4v) is 2.83. The molecule has 10 heteroatoms. The molecule has 0 aliphatic rings. The Labute approximate surface area is 191 Å². The van der Waals surface area contributed by atoms with Gasteiger partial charge in [0.15, 0.2) is 5.75 Å². The van der Waals surface area contributed by atoms with E-state index in [9.17, 15) is 24.6 Å². The summed E-state index contributed by atoms with van der Waals surface area (Å²) < 4.78 is 10.5. The van der Waals surface area contributed by atoms with Gasteiger partial charge in [-0.15, -0.1) is 0 Å². The highest BCUT2D eigenvalue weighted by molar-refractivity contribution is 5.95. The molecule has 33 heavy (non-hydrogen) atoms. The van der Waals surface area contributed by atoms with Crippen molar-refractivity contribution in [3.05, 3.63) is 59.2 Å². The zero-order valence-electron chi connectivity index (χ0n) is 18.9. The van der Waals surface area contributed by atoms with Crippen molar-refractivity contribution in [1.29, 1.82) is 0 Å². The van der Waals surface area contributed by atoms with Gasteiger partial charge in [-0.05, 0) is 51.4 Å². The van der Waals surface area contributed by atoms with Gasteiger partial charge in [-0.1, -0.05) is 36.4 Å². The summed E-state index contributed by atoms with van der Waals surface area (Å²) in [4.78, 5) is 41.7. The minimum absolute atomic E-state index is 0.0674. The van der Waals surface area contributed by atoms with E-state index in [1.54, 1.807) is 45.0 Å². The van der Waals surface area contributed by atoms with Gasteiger partial charge in [-0.2, -0.15) is 5.48 Å². The topological polar surface area (TPSA) is 143 Å². The van der Waals surface area contributed by atoms with E-state index >= 15 is 0 Å². The molecule has 0 radical (unpaired) electrons. The van der Waals surface area contributed by atoms with Crippen LogP contribution in [0.2, 0.25) is 0 Å². The SMILES string of the molecule is CN[C@H](Cc1ccc(O)c(ONC(=O)OC(C)(C)C)c1C(=O)OCc1ccccc1)C(=O)O. The third kappa shape index (κ3) is 7.69. The van der Waals surface area contributed by atoms with E-state index in [2.05, 4.69) is 5.32 Å². The normalized spacial score (nSPS) is 11.9. The predicted octanol–water partition coefficient (Wildman–Crippen LogP) is 2.78. The van der Waals surface area contributed by atoms with Crippen LogP contribution in [0.4, 0.5) is 4.79 Å². The van der Waals surface area contributed by atoms with E-state index in [0.29, 0.717) is 0 Å². The summed E-state index contributed by atoms with van der Waals surface area (Å²) in [6.45, 7) is 4.89. The number of benzene rings is 2. The Hall–Kier alpha value is -3.79. The number of hydrogen-bond acceptors (Lipinski definition) is 8. The van der Waals surface area contributed by atoms with Crippen LogP contribution in [0.5, 0.6) is 11.5 Å². The smallest absolute Gasteiger partial charge is 0.441 e. The van der Waals surface area contributed by atoms with E-state index in [4.69, 9.17) is 14.3 Å². The van der Waals surface area contributed by atoms with Crippen LogP contribution in [-0.4, -0.2) is 46.9 Å². The number of rotatable bonds is 9. The molecule has 0 bridgehead atoms. The van der Waals surface area contributed by atoms with E-state index in [-0.39, 0.29) is 24.2 Å². The number of phenolic OH excluding ortho intramolecular Hbond substituents is 1. The minimum atomic E-state index is -1.14. The maximum atomic E-state index is 13.0. The van der Waals surface area contributed by atoms with Crippen LogP contribution in [-0.2, 0) is 27.3 Å². The molecule has 178 valence electrons. The Bertz CT molecular complexity index is 986. The van der Waals surface area contributed by atoms with Crippen LogP contribution >= 0.6 is 0 Å². The highest BCUT2D eigenvalue weighted by atomic mass is 16.7. The Balaban J connectivity index is 2.37. The van der Waals surface area contributed by atoms with Gasteiger partial charge in [0, 0.05) is 0 Å². The number of carboxylic acid groups (broad SMARTS) is 1. The highest BCUT2D eigenvalue weighted by Gasteiger charge is 2.27. The summed E-state index contributed by atoms with van der Waals surface area (Å²) >= 11 is 0. The van der Waals surface area contributed by atoms with Crippen molar-refractivity contribution in [2.24, 2.45) is 0 Å². The van der Waals surface area contributed by atoms with Gasteiger partial charge >= 0.3 is 18.0 Å². The van der Waals surface area contributed by atoms with Crippen LogP contribution < -0.4 is 15.6 Å². The van der Waals surface area contributed by atoms with Gasteiger partial charge in [0.25, 0.3) is 0 Å². The van der Waals surface area contributed by atoms with Crippen molar-refractivity contribution < 1.29 is 38.9 Å². The number of hydrogen-bond donors (Lipinski definition) is 4. The van der Waals surface area contributed by atoms with Gasteiger partial charge in [-0.25, -0.2) is 9.59 Å². The summed E-state index contributed by atoms with van der Waals surface area (Å²) in [7, 11) is 1.47. The molecular formula is C23H28N2O8. The van der Waals surface area contributed by atoms with Crippen LogP contribution in [0.3, 0.4) is 0 Å². The van der Waals surface area contributed by atoms with Gasteiger partial charge in [0.2, 0.25) is 5.75 Å². The van der Waals surface area contributed by atoms with Crippen LogP contribution in [0.25, 0.3) is 0 Å². The van der Waals surface area contributed by atoms with Crippen molar-refractivity contribution in [3.8, 4) is 11.5 Å². The summed E-state index contributed by atoms with van der Waals surface area (Å²) in [5.41, 5.74) is 1.95. The number of ether oxygens (including phenoxy) is 2. The highest BCUT2D eigenvalue weighted by Crippen LogP contribution is 2.34. The first-order valence-electron chi connectivity index (χ1n) is 10.1. The Morgan fingerprint density at radius 2 is 1.73 bits per heavy atom. The van der Waals surface area contributed by atoms with E-state index in [1.165, 1.54) is 19.2 Å². The third-order valence-electron chi connectivity index (χ3n) is 4.35. The average molecular weight is 460 g/mol. The first kappa shape index (κ1) is 25.5. The molecule has 10 nitrogen and oxygen atoms in total. The summed E-state index contributed by atoms with van der Waals surface area (Å²) in [6, 6.07) is 10.5. The second-order valence-corrected chi connectivity index (χ2v) is 8.10. The first-order valence-corrected chi connectivity index (χ1v) is 10.1. The standard InChI is InChI=1S/C23H28N2O8/c1-23(2,3)32-22(30)25-33-19-17(26)11-10-15(12-16(24-4)20(27)28)18(19)21(29)31-13-14-8-6-5-7-9-14/h5-11,16,24,26H,12-13H2,1-4H3,(H,25,30)(H,27,28)/t16-/m1/s1. The summed E-state index contributed by atoms with van der Waals surface area (Å²) in [5, 5.41) is 22.4. The lowest BCUT2D eigenvalue weighted by molar-refractivity contribution is -0.139. The van der Waals surface area contributed by atoms with E-state index in [0.717, 1.165) is 5.56 Å². The predicted molar refractivity (Wildman–Crippen MR) is 118 cm³/mol. The molecule has 4 N–H and O–H groups in total. The molecule has 0 saturated heterocycles. The molecule has 2 aromatic carbocycles. The number of carbonyl (C=O) groups excluding carboxylic acids is 2. The maximum absolute atomic E-state index is 13.0. The Morgan fingerprint density at radius 3 is 2.30 bits per heavy atom. The fraction of sp³-hybridized carbons (Fsp3) is 0.348. The number of aliphatic carboxylic acids is 1. The van der Waals surface area contributed by atoms with Crippen molar-refractivity contribution >= 4 is 18.0 Å². The van der Waals surface area contributed by atoms with Crippen molar-refractivity contribution in [2.75, 3.05) is 7.05 Å². The lowest BCUT2D eigenvalue weighted by Crippen LogP contribution is -2.37. The lowest BCUT2D eigenvalue weighted by atomic mass is 9.98. The third-order valence-corrected chi connectivity index (χ3v) is 4.35. The van der Waals surface area contributed by atoms with Crippen molar-refractivity contribution in [2.45, 2.75) is 45.4 Å². The number of nitrogens with one attached hydrogen (secondary N) is 2. The average Bonchev–Trinajstić information content (AvgIpc) is 2.74. The molecule has 0 heterocycles. The molecule has 0 spiro atoms. The molecule has 2 rings (SSSR count). The molecule has 2 aromatic rings. The number of hydroxylamine groups is 1. The lowest BCUT2D eigenvalue weighted by Gasteiger charge is -2.21. The largest absolute Gasteiger partial charge is 0.504 e. The molecule has 0 unspecified atom stereocenters. The van der Waals surface area contributed by atoms with Gasteiger partial charge in [0.1, 0.15) is 23.8 Å². The molecule has 0 aliphatic heterocycles. The molecule has 1 atom stereocenters. The Kier molecular flexibility index (Phi) is 8.63. The number of carbonyl (C=O) groups is 3. The molecule has 0 aromatic heterocycles. The fourth-order valence-electron chi connectivity index (χ4n) is 2.83. The van der Waals surface area contributed by atoms with Crippen LogP contribution in [0.1, 0.15) is 42.3 Å². The number of esters is 1. The molecule has 0 saturated carbocycles. The van der Waals surface area contributed by atoms with E-state index in [1.807, 2.05) is 11.5 Å². The van der Waals surface area contributed by atoms with Crippen LogP contribution in [0.15, 0.2) is 42.5 Å². The molecule has 0 aliphatic carbocycles. The maximum Gasteiger partial charge on any atom is 0.441 e. The van der Waals surface area contributed by atoms with Crippen molar-refractivity contribution in [3.63, 3.8) is 0 Å². The quantitative estimate of drug-likeness (QED) is 0.328. The van der Waals surface area contributed by atoms with Gasteiger partial charge in [0.05, 0.1) is 0 Å².